The van der Waals surface area contributed by atoms with E-state index in [-0.39, 0.29) is 5.56 Å². The molecule has 0 saturated carbocycles. The zero-order valence-corrected chi connectivity index (χ0v) is 19.4. The second-order valence-electron chi connectivity index (χ2n) is 8.35. The molecule has 0 radical (unpaired) electrons. The van der Waals surface area contributed by atoms with Gasteiger partial charge < -0.3 is 10.4 Å². The fourth-order valence-corrected chi connectivity index (χ4v) is 3.49. The lowest BCUT2D eigenvalue weighted by Gasteiger charge is -2.10. The van der Waals surface area contributed by atoms with Gasteiger partial charge in [-0.3, -0.25) is 10.2 Å². The molecule has 3 aromatic carbocycles. The molecule has 1 aromatic heterocycles. The first-order valence-corrected chi connectivity index (χ1v) is 11.2. The number of halogens is 1. The Balaban J connectivity index is 1.51. The van der Waals surface area contributed by atoms with Gasteiger partial charge >= 0.3 is 0 Å². The van der Waals surface area contributed by atoms with Gasteiger partial charge in [-0.15, -0.1) is 0 Å². The number of amides is 1. The second-order valence-corrected chi connectivity index (χ2v) is 8.35. The maximum Gasteiger partial charge on any atom is 0.262 e. The summed E-state index contributed by atoms with van der Waals surface area (Å²) in [5.41, 5.74) is 6.74. The zero-order valence-electron chi connectivity index (χ0n) is 19.4. The molecule has 35 heavy (non-hydrogen) atoms. The van der Waals surface area contributed by atoms with Crippen LogP contribution in [-0.2, 0) is 0 Å². The molecule has 4 rings (SSSR count). The van der Waals surface area contributed by atoms with Crippen molar-refractivity contribution in [1.29, 1.82) is 0 Å². The third kappa shape index (κ3) is 6.09. The largest absolute Gasteiger partial charge is 0.593 e. The number of hydrazone groups is 1. The van der Waals surface area contributed by atoms with Gasteiger partial charge in [0.25, 0.3) is 11.7 Å². The molecule has 0 atom stereocenters. The molecule has 4 aromatic rings. The lowest BCUT2D eigenvalue weighted by Crippen LogP contribution is -2.12. The quantitative estimate of drug-likeness (QED) is 0.193. The van der Waals surface area contributed by atoms with Crippen LogP contribution in [0.1, 0.15) is 41.3 Å². The Bertz CT molecular complexity index is 1370. The number of anilines is 2. The number of hydrogen-bond acceptors (Lipinski definition) is 4. The highest BCUT2D eigenvalue weighted by Gasteiger charge is 2.12. The van der Waals surface area contributed by atoms with Crippen molar-refractivity contribution in [3.8, 4) is 16.9 Å². The first-order chi connectivity index (χ1) is 16.9. The fourth-order valence-electron chi connectivity index (χ4n) is 3.49. The van der Waals surface area contributed by atoms with Gasteiger partial charge in [-0.2, -0.15) is 5.10 Å². The maximum absolute atomic E-state index is 14.4. The minimum Gasteiger partial charge on any atom is -0.593 e. The van der Waals surface area contributed by atoms with E-state index in [2.05, 4.69) is 34.7 Å². The van der Waals surface area contributed by atoms with Crippen molar-refractivity contribution >= 4 is 23.6 Å². The lowest BCUT2D eigenvalue weighted by molar-refractivity contribution is 0.102. The Hall–Kier alpha value is -4.52. The van der Waals surface area contributed by atoms with Crippen LogP contribution in [0.25, 0.3) is 11.1 Å². The number of benzene rings is 3. The molecule has 0 aliphatic heterocycles. The highest BCUT2D eigenvalue weighted by atomic mass is 19.1. The fraction of sp³-hybridized carbons (Fsp3) is 0.107. The monoisotopic (exact) mass is 469 g/mol. The van der Waals surface area contributed by atoms with Gasteiger partial charge in [0.05, 0.1) is 11.8 Å². The predicted molar refractivity (Wildman–Crippen MR) is 139 cm³/mol. The number of carbonyl (C=O) groups is 1. The van der Waals surface area contributed by atoms with Crippen molar-refractivity contribution in [2.45, 2.75) is 19.8 Å². The van der Waals surface area contributed by atoms with Crippen LogP contribution in [0, 0.1) is 5.82 Å². The third-order valence-electron chi connectivity index (χ3n) is 5.43. The number of nitrogens with one attached hydrogen (secondary N) is 2. The van der Waals surface area contributed by atoms with Gasteiger partial charge in [-0.1, -0.05) is 38.1 Å². The van der Waals surface area contributed by atoms with Crippen molar-refractivity contribution in [1.82, 2.24) is 4.98 Å². The molecule has 4 N–H and O–H groups in total. The van der Waals surface area contributed by atoms with Crippen LogP contribution in [-0.4, -0.2) is 22.2 Å². The summed E-state index contributed by atoms with van der Waals surface area (Å²) < 4.78 is 14.4. The summed E-state index contributed by atoms with van der Waals surface area (Å²) >= 11 is 0. The van der Waals surface area contributed by atoms with E-state index >= 15 is 0 Å². The average molecular weight is 470 g/mol. The normalized spacial score (nSPS) is 11.1. The Morgan fingerprint density at radius 1 is 1.00 bits per heavy atom. The molecule has 1 heterocycles. The Morgan fingerprint density at radius 3 is 2.51 bits per heavy atom. The van der Waals surface area contributed by atoms with E-state index in [9.17, 15) is 9.18 Å². The standard InChI is InChI=1S/C28H25FN4O2/c1-18(2)19-7-9-25(10-8-19)32-28(35)23-13-22(14-24(29)15-23)20-11-12-30-27(16-20)33-31-17-21-5-3-4-6-26(21)34/h3-18,34H,1-2H3,(H,30,33)(H,32,35)/p+1/b31-17-. The van der Waals surface area contributed by atoms with Crippen molar-refractivity contribution in [2.24, 2.45) is 5.10 Å². The average Bonchev–Trinajstić information content (AvgIpc) is 2.85. The summed E-state index contributed by atoms with van der Waals surface area (Å²) in [4.78, 5) is 17.0. The molecule has 0 aliphatic carbocycles. The first kappa shape index (κ1) is 23.6. The SMILES string of the molecule is CC(C)c1ccc(NC(=O)c2cc(F)cc(-c3ccnc(N/N=C\c4ccccc4[OH2+])c3)c2)cc1. The number of rotatable bonds is 7. The van der Waals surface area contributed by atoms with Gasteiger partial charge in [0.15, 0.2) is 0 Å². The van der Waals surface area contributed by atoms with Gasteiger partial charge in [0.2, 0.25) is 0 Å². The smallest absolute Gasteiger partial charge is 0.262 e. The molecule has 7 heteroatoms. The minimum absolute atomic E-state index is 0.212. The highest BCUT2D eigenvalue weighted by molar-refractivity contribution is 6.05. The summed E-state index contributed by atoms with van der Waals surface area (Å²) in [7, 11) is 0. The lowest BCUT2D eigenvalue weighted by atomic mass is 10.0. The van der Waals surface area contributed by atoms with E-state index in [1.165, 1.54) is 23.9 Å². The molecular formula is C28H26FN4O2+. The van der Waals surface area contributed by atoms with Gasteiger partial charge in [-0.25, -0.2) is 9.37 Å². The molecule has 1 amide bonds. The first-order valence-electron chi connectivity index (χ1n) is 11.2. The molecule has 0 unspecified atom stereocenters. The Kier molecular flexibility index (Phi) is 7.16. The molecular weight excluding hydrogens is 443 g/mol. The van der Waals surface area contributed by atoms with Crippen molar-refractivity contribution in [3.63, 3.8) is 0 Å². The Labute approximate surface area is 203 Å². The second kappa shape index (κ2) is 10.6. The highest BCUT2D eigenvalue weighted by Crippen LogP contribution is 2.25. The number of aromatic nitrogens is 1. The van der Waals surface area contributed by atoms with E-state index in [1.54, 1.807) is 42.6 Å². The molecule has 176 valence electrons. The Morgan fingerprint density at radius 2 is 1.77 bits per heavy atom. The summed E-state index contributed by atoms with van der Waals surface area (Å²) in [6, 6.07) is 22.4. The molecule has 0 aliphatic rings. The van der Waals surface area contributed by atoms with E-state index in [4.69, 9.17) is 5.11 Å². The van der Waals surface area contributed by atoms with Gasteiger partial charge in [0, 0.05) is 23.5 Å². The number of para-hydroxylation sites is 1. The molecule has 0 spiro atoms. The topological polar surface area (TPSA) is 89.3 Å². The molecule has 6 nitrogen and oxygen atoms in total. The summed E-state index contributed by atoms with van der Waals surface area (Å²) in [5.74, 6) is 0.292. The molecule has 0 bridgehead atoms. The van der Waals surface area contributed by atoms with Crippen LogP contribution >= 0.6 is 0 Å². The van der Waals surface area contributed by atoms with Crippen molar-refractivity contribution in [3.05, 3.63) is 108 Å². The van der Waals surface area contributed by atoms with E-state index in [0.717, 1.165) is 0 Å². The van der Waals surface area contributed by atoms with Crippen molar-refractivity contribution < 1.29 is 14.3 Å². The van der Waals surface area contributed by atoms with Crippen molar-refractivity contribution in [2.75, 3.05) is 10.7 Å². The summed E-state index contributed by atoms with van der Waals surface area (Å²) in [6.45, 7) is 4.20. The van der Waals surface area contributed by atoms with Crippen LogP contribution in [0.3, 0.4) is 0 Å². The number of nitrogens with zero attached hydrogens (tertiary/aromatic N) is 2. The van der Waals surface area contributed by atoms with Gasteiger partial charge in [0.1, 0.15) is 11.6 Å². The van der Waals surface area contributed by atoms with Crippen LogP contribution < -0.4 is 10.7 Å². The number of pyridine rings is 1. The summed E-state index contributed by atoms with van der Waals surface area (Å²) in [6.07, 6.45) is 3.11. The van der Waals surface area contributed by atoms with E-state index in [1.807, 2.05) is 30.3 Å². The zero-order chi connectivity index (χ0) is 24.8. The van der Waals surface area contributed by atoms with Crippen LogP contribution in [0.4, 0.5) is 15.9 Å². The van der Waals surface area contributed by atoms with E-state index < -0.39 is 11.7 Å². The number of carbonyl (C=O) groups excluding carboxylic acids is 1. The van der Waals surface area contributed by atoms with Crippen LogP contribution in [0.15, 0.2) is 90.2 Å². The maximum atomic E-state index is 14.4. The predicted octanol–water partition coefficient (Wildman–Crippen LogP) is 6.15. The van der Waals surface area contributed by atoms with Gasteiger partial charge in [-0.05, 0) is 71.1 Å². The van der Waals surface area contributed by atoms with E-state index in [0.29, 0.717) is 39.9 Å². The molecule has 0 fully saturated rings. The van der Waals surface area contributed by atoms with Crippen LogP contribution in [0.5, 0.6) is 5.75 Å². The summed E-state index contributed by atoms with van der Waals surface area (Å²) in [5, 5.41) is 14.8. The number of hydrogen-bond donors (Lipinski definition) is 2. The third-order valence-corrected chi connectivity index (χ3v) is 5.43. The van der Waals surface area contributed by atoms with Crippen LogP contribution in [0.2, 0.25) is 0 Å². The minimum atomic E-state index is -0.515. The molecule has 0 saturated heterocycles.